The molecular formula is C16H25N5O16P2. The number of hydrogen-bond donors (Lipinski definition) is 10. The summed E-state index contributed by atoms with van der Waals surface area (Å²) in [6, 6.07) is 0. The summed E-state index contributed by atoms with van der Waals surface area (Å²) < 4.78 is 49.1. The van der Waals surface area contributed by atoms with E-state index in [9.17, 15) is 49.2 Å². The molecule has 23 heteroatoms. The second-order valence-electron chi connectivity index (χ2n) is 8.44. The van der Waals surface area contributed by atoms with Gasteiger partial charge in [-0.3, -0.25) is 23.4 Å². The predicted molar refractivity (Wildman–Crippen MR) is 120 cm³/mol. The highest BCUT2D eigenvalue weighted by molar-refractivity contribution is 7.61. The van der Waals surface area contributed by atoms with Crippen LogP contribution < -0.4 is 11.3 Å². The first-order valence-electron chi connectivity index (χ1n) is 10.9. The molecule has 0 amide bonds. The summed E-state index contributed by atoms with van der Waals surface area (Å²) in [5.74, 6) is -0.278. The van der Waals surface area contributed by atoms with E-state index in [1.807, 2.05) is 0 Å². The summed E-state index contributed by atoms with van der Waals surface area (Å²) in [6.07, 6.45) is -15.0. The van der Waals surface area contributed by atoms with Crippen LogP contribution in [-0.4, -0.2) is 122 Å². The minimum absolute atomic E-state index is 0.114. The van der Waals surface area contributed by atoms with Gasteiger partial charge in [-0.2, -0.15) is 9.29 Å². The molecule has 0 aliphatic carbocycles. The van der Waals surface area contributed by atoms with Crippen molar-refractivity contribution in [2.24, 2.45) is 0 Å². The van der Waals surface area contributed by atoms with Gasteiger partial charge >= 0.3 is 15.6 Å². The molecule has 220 valence electrons. The first-order valence-corrected chi connectivity index (χ1v) is 13.9. The van der Waals surface area contributed by atoms with Crippen LogP contribution in [0.4, 0.5) is 5.95 Å². The van der Waals surface area contributed by atoms with E-state index >= 15 is 0 Å². The molecular weight excluding hydrogens is 580 g/mol. The number of imidazole rings is 1. The Bertz CT molecular complexity index is 1340. The molecule has 2 aliphatic rings. The van der Waals surface area contributed by atoms with Crippen LogP contribution >= 0.6 is 15.6 Å². The van der Waals surface area contributed by atoms with Gasteiger partial charge < -0.3 is 55.6 Å². The maximum Gasteiger partial charge on any atom is 0.483 e. The summed E-state index contributed by atoms with van der Waals surface area (Å²) in [4.78, 5) is 41.7. The minimum Gasteiger partial charge on any atom is -0.394 e. The molecule has 0 aromatic carbocycles. The van der Waals surface area contributed by atoms with Gasteiger partial charge in [0.05, 0.1) is 19.5 Å². The summed E-state index contributed by atoms with van der Waals surface area (Å²) in [6.45, 7) is -1.89. The molecule has 39 heavy (non-hydrogen) atoms. The lowest BCUT2D eigenvalue weighted by molar-refractivity contribution is -0.280. The average Bonchev–Trinajstić information content (AvgIpc) is 3.38. The molecule has 0 spiro atoms. The largest absolute Gasteiger partial charge is 0.483 e. The maximum atomic E-state index is 12.3. The standard InChI is InChI=1S/C16H25N5O16P2/c17-16-19-12-6(13(28)20-16)18-3-21(12)14-10(26)8(24)5(34-14)2-33-38(29,30)37-39(31,32)36-15-11(27)9(25)7(23)4(1-22)35-15/h3-5,7-11,14-15,22-27H,1-2H2,(H,29,30)(H,31,32)(H3,17,19,20,28)/t4-,5-,7-,8-,9+,10+,11-,14-,15+/m0/s1. The van der Waals surface area contributed by atoms with E-state index in [0.717, 1.165) is 10.9 Å². The van der Waals surface area contributed by atoms with E-state index in [2.05, 4.69) is 28.3 Å². The molecule has 4 rings (SSSR count). The first-order chi connectivity index (χ1) is 18.1. The third-order valence-corrected chi connectivity index (χ3v) is 8.36. The number of H-pyrrole nitrogens is 1. The Morgan fingerprint density at radius 1 is 1.00 bits per heavy atom. The van der Waals surface area contributed by atoms with Crippen LogP contribution in [0.3, 0.4) is 0 Å². The van der Waals surface area contributed by atoms with Crippen LogP contribution in [0, 0.1) is 0 Å². The van der Waals surface area contributed by atoms with Crippen molar-refractivity contribution >= 4 is 32.8 Å². The van der Waals surface area contributed by atoms with E-state index < -0.39 is 89.7 Å². The second kappa shape index (κ2) is 11.2. The molecule has 2 unspecified atom stereocenters. The zero-order valence-corrected chi connectivity index (χ0v) is 21.1. The van der Waals surface area contributed by atoms with Crippen LogP contribution in [0.25, 0.3) is 11.2 Å². The number of rotatable bonds is 9. The smallest absolute Gasteiger partial charge is 0.394 e. The van der Waals surface area contributed by atoms with Crippen molar-refractivity contribution in [1.82, 2.24) is 19.5 Å². The topological polar surface area (TPSA) is 332 Å². The highest BCUT2D eigenvalue weighted by Gasteiger charge is 2.49. The maximum absolute atomic E-state index is 12.3. The fourth-order valence-electron chi connectivity index (χ4n) is 3.85. The lowest BCUT2D eigenvalue weighted by Gasteiger charge is -2.39. The molecule has 4 heterocycles. The number of nitrogens with zero attached hydrogens (tertiary/aromatic N) is 3. The molecule has 2 aromatic heterocycles. The zero-order valence-electron chi connectivity index (χ0n) is 19.3. The van der Waals surface area contributed by atoms with Gasteiger partial charge in [0.1, 0.15) is 42.7 Å². The van der Waals surface area contributed by atoms with Gasteiger partial charge in [-0.25, -0.2) is 14.1 Å². The minimum atomic E-state index is -5.60. The van der Waals surface area contributed by atoms with E-state index in [1.54, 1.807) is 0 Å². The lowest BCUT2D eigenvalue weighted by atomic mass is 10.00. The van der Waals surface area contributed by atoms with E-state index in [0.29, 0.717) is 0 Å². The number of aromatic amines is 1. The highest BCUT2D eigenvalue weighted by Crippen LogP contribution is 2.61. The van der Waals surface area contributed by atoms with Crippen LogP contribution in [-0.2, 0) is 32.0 Å². The Hall–Kier alpha value is -1.91. The number of nitrogens with one attached hydrogen (secondary N) is 1. The van der Waals surface area contributed by atoms with Crippen LogP contribution in [0.2, 0.25) is 0 Å². The number of fused-ring (bicyclic) bond motifs is 1. The molecule has 0 bridgehead atoms. The molecule has 2 aromatic rings. The summed E-state index contributed by atoms with van der Waals surface area (Å²) in [5.41, 5.74) is 4.54. The van der Waals surface area contributed by atoms with Crippen molar-refractivity contribution in [3.63, 3.8) is 0 Å². The fraction of sp³-hybridized carbons (Fsp3) is 0.688. The third-order valence-electron chi connectivity index (χ3n) is 5.76. The van der Waals surface area contributed by atoms with Gasteiger partial charge in [0, 0.05) is 0 Å². The summed E-state index contributed by atoms with van der Waals surface area (Å²) in [5, 5.41) is 59.2. The SMILES string of the molecule is Nc1nc2c(ncn2[C@H]2O[C@@H](COP(=O)(O)OP(=O)(O)O[C@H]3O[C@@H](CO)[C@H](O)[C@@H](O)[C@@H]3O)[C@H](O)[C@H]2O)c(=O)[nH]1. The van der Waals surface area contributed by atoms with E-state index in [-0.39, 0.29) is 17.1 Å². The second-order valence-corrected chi connectivity index (χ2v) is 11.4. The van der Waals surface area contributed by atoms with Crippen molar-refractivity contribution in [1.29, 1.82) is 0 Å². The monoisotopic (exact) mass is 605 g/mol. The molecule has 11 atom stereocenters. The van der Waals surface area contributed by atoms with Gasteiger partial charge in [-0.15, -0.1) is 0 Å². The fourth-order valence-corrected chi connectivity index (χ4v) is 6.01. The quantitative estimate of drug-likeness (QED) is 0.120. The van der Waals surface area contributed by atoms with Crippen molar-refractivity contribution in [3.05, 3.63) is 16.7 Å². The van der Waals surface area contributed by atoms with Gasteiger partial charge in [-0.05, 0) is 0 Å². The molecule has 21 nitrogen and oxygen atoms in total. The van der Waals surface area contributed by atoms with Crippen molar-refractivity contribution in [2.75, 3.05) is 18.9 Å². The predicted octanol–water partition coefficient (Wildman–Crippen LogP) is -4.63. The van der Waals surface area contributed by atoms with Crippen molar-refractivity contribution in [2.45, 2.75) is 55.2 Å². The number of anilines is 1. The normalized spacial score (nSPS) is 36.6. The number of aliphatic hydroxyl groups is 6. The van der Waals surface area contributed by atoms with Crippen LogP contribution in [0.15, 0.2) is 11.1 Å². The number of nitrogens with two attached hydrogens (primary N) is 1. The molecule has 0 radical (unpaired) electrons. The number of nitrogen functional groups attached to an aromatic ring is 1. The third kappa shape index (κ3) is 6.22. The highest BCUT2D eigenvalue weighted by atomic mass is 31.3. The Kier molecular flexibility index (Phi) is 8.60. The van der Waals surface area contributed by atoms with Crippen molar-refractivity contribution in [3.8, 4) is 0 Å². The first kappa shape index (κ1) is 30.1. The number of phosphoric ester groups is 2. The summed E-state index contributed by atoms with van der Waals surface area (Å²) >= 11 is 0. The molecule has 2 saturated heterocycles. The molecule has 2 aliphatic heterocycles. The van der Waals surface area contributed by atoms with E-state index in [4.69, 9.17) is 20.3 Å². The van der Waals surface area contributed by atoms with Crippen LogP contribution in [0.1, 0.15) is 6.23 Å². The Morgan fingerprint density at radius 3 is 2.33 bits per heavy atom. The van der Waals surface area contributed by atoms with Crippen LogP contribution in [0.5, 0.6) is 0 Å². The summed E-state index contributed by atoms with van der Waals surface area (Å²) in [7, 11) is -11.1. The number of aromatic nitrogens is 4. The van der Waals surface area contributed by atoms with Gasteiger partial charge in [-0.1, -0.05) is 0 Å². The zero-order chi connectivity index (χ0) is 28.9. The number of aliphatic hydroxyl groups excluding tert-OH is 6. The number of ether oxygens (including phenoxy) is 2. The Labute approximate surface area is 216 Å². The molecule has 2 fully saturated rings. The number of phosphoric acid groups is 2. The van der Waals surface area contributed by atoms with Crippen molar-refractivity contribution < 1.29 is 72.4 Å². The number of hydrogen-bond acceptors (Lipinski definition) is 17. The van der Waals surface area contributed by atoms with Gasteiger partial charge in [0.2, 0.25) is 5.95 Å². The van der Waals surface area contributed by atoms with Gasteiger partial charge in [0.15, 0.2) is 23.7 Å². The lowest BCUT2D eigenvalue weighted by Crippen LogP contribution is -2.58. The van der Waals surface area contributed by atoms with E-state index in [1.165, 1.54) is 0 Å². The Morgan fingerprint density at radius 2 is 1.67 bits per heavy atom. The van der Waals surface area contributed by atoms with Gasteiger partial charge in [0.25, 0.3) is 5.56 Å². The Balaban J connectivity index is 1.39. The molecule has 0 saturated carbocycles. The average molecular weight is 605 g/mol. The molecule has 11 N–H and O–H groups in total.